The molecule has 0 amide bonds. The Bertz CT molecular complexity index is 4770. The zero-order valence-corrected chi connectivity index (χ0v) is 87.3. The van der Waals surface area contributed by atoms with Gasteiger partial charge >= 0.3 is 6.18 Å². The zero-order chi connectivity index (χ0) is 98.8. The molecule has 132 heavy (non-hydrogen) atoms. The summed E-state index contributed by atoms with van der Waals surface area (Å²) in [6, 6.07) is 13.6. The van der Waals surface area contributed by atoms with Crippen LogP contribution in [0.3, 0.4) is 0 Å². The van der Waals surface area contributed by atoms with Crippen LogP contribution in [0.1, 0.15) is 356 Å². The Kier molecular flexibility index (Phi) is 33.7. The first-order valence-corrected chi connectivity index (χ1v) is 47.9. The smallest absolute Gasteiger partial charge is 0.361 e. The van der Waals surface area contributed by atoms with E-state index in [-0.39, 0.29) is 84.8 Å². The lowest BCUT2D eigenvalue weighted by atomic mass is 9.66. The van der Waals surface area contributed by atoms with Gasteiger partial charge < -0.3 is 55.8 Å². The van der Waals surface area contributed by atoms with E-state index in [0.717, 1.165) is 162 Å². The Morgan fingerprint density at radius 1 is 0.379 bits per heavy atom. The maximum atomic E-state index is 13.3. The lowest BCUT2D eigenvalue weighted by molar-refractivity contribution is -0.214. The number of piperazine rings is 3. The lowest BCUT2D eigenvalue weighted by Gasteiger charge is -2.42. The Balaban J connectivity index is 0.000000170. The molecule has 0 atom stereocenters. The molecule has 4 saturated heterocycles. The van der Waals surface area contributed by atoms with Crippen molar-refractivity contribution >= 4 is 0 Å². The minimum atomic E-state index is -4.24. The number of rotatable bonds is 15. The molecule has 12 heterocycles. The first-order chi connectivity index (χ1) is 60.4. The molecule has 30 heteroatoms. The van der Waals surface area contributed by atoms with Crippen molar-refractivity contribution in [2.24, 2.45) is 0 Å². The molecule has 8 aliphatic rings. The molecule has 744 valence electrons. The third-order valence-corrected chi connectivity index (χ3v) is 26.5. The predicted octanol–water partition coefficient (Wildman–Crippen LogP) is 21.9. The third-order valence-electron chi connectivity index (χ3n) is 26.5. The molecular weight excluding hydrogens is 1690 g/mol. The second-order valence-corrected chi connectivity index (χ2v) is 48.9. The minimum absolute atomic E-state index is 0.0173. The summed E-state index contributed by atoms with van der Waals surface area (Å²) >= 11 is 0. The van der Waals surface area contributed by atoms with E-state index >= 15 is 0 Å². The number of hydrogen-bond donors (Lipinski definition) is 0. The van der Waals surface area contributed by atoms with Gasteiger partial charge in [-0.15, -0.1) is 0 Å². The van der Waals surface area contributed by atoms with Crippen molar-refractivity contribution in [1.29, 1.82) is 0 Å². The molecule has 24 nitrogen and oxygen atoms in total. The van der Waals surface area contributed by atoms with E-state index in [2.05, 4.69) is 287 Å². The van der Waals surface area contributed by atoms with E-state index in [9.17, 15) is 26.3 Å². The Labute approximate surface area is 785 Å². The lowest BCUT2D eigenvalue weighted by Crippen LogP contribution is -2.56. The van der Waals surface area contributed by atoms with Gasteiger partial charge in [0.05, 0.1) is 51.7 Å². The van der Waals surface area contributed by atoms with Crippen molar-refractivity contribution in [3.05, 3.63) is 140 Å². The fourth-order valence-corrected chi connectivity index (χ4v) is 16.6. The van der Waals surface area contributed by atoms with Gasteiger partial charge in [-0.1, -0.05) is 221 Å². The van der Waals surface area contributed by atoms with Crippen molar-refractivity contribution < 1.29 is 62.5 Å². The molecule has 0 aromatic carbocycles. The Morgan fingerprint density at radius 2 is 0.742 bits per heavy atom. The van der Waals surface area contributed by atoms with E-state index in [1.807, 2.05) is 52.5 Å². The van der Waals surface area contributed by atoms with Gasteiger partial charge in [0.15, 0.2) is 0 Å². The summed E-state index contributed by atoms with van der Waals surface area (Å²) in [5, 5.41) is 32.6. The molecule has 0 unspecified atom stereocenters. The van der Waals surface area contributed by atoms with E-state index in [1.54, 1.807) is 13.0 Å². The predicted molar refractivity (Wildman–Crippen MR) is 508 cm³/mol. The van der Waals surface area contributed by atoms with Gasteiger partial charge in [0.1, 0.15) is 68.6 Å². The van der Waals surface area contributed by atoms with Crippen LogP contribution in [0.15, 0.2) is 78.6 Å². The van der Waals surface area contributed by atoms with Crippen LogP contribution in [-0.2, 0) is 90.2 Å². The highest BCUT2D eigenvalue weighted by Crippen LogP contribution is 2.56. The molecular formula is C102H166F6N16O8. The van der Waals surface area contributed by atoms with E-state index in [0.29, 0.717) is 48.7 Å². The normalized spacial score (nSPS) is 19.9. The number of alkyl halides is 6. The molecule has 4 aliphatic heterocycles. The van der Waals surface area contributed by atoms with Gasteiger partial charge in [-0.2, -0.15) is 13.2 Å². The summed E-state index contributed by atoms with van der Waals surface area (Å²) < 4.78 is 121. The zero-order valence-electron chi connectivity index (χ0n) is 87.3. The quantitative estimate of drug-likeness (QED) is 0.0868. The maximum absolute atomic E-state index is 13.3. The van der Waals surface area contributed by atoms with Gasteiger partial charge in [0.25, 0.3) is 5.92 Å². The van der Waals surface area contributed by atoms with E-state index in [4.69, 9.17) is 36.2 Å². The van der Waals surface area contributed by atoms with Crippen molar-refractivity contribution in [2.45, 2.75) is 373 Å². The second-order valence-electron chi connectivity index (χ2n) is 48.9. The first kappa shape index (κ1) is 109. The fourth-order valence-electron chi connectivity index (χ4n) is 16.6. The van der Waals surface area contributed by atoms with Crippen molar-refractivity contribution in [3.63, 3.8) is 0 Å². The SMILES string of the molecule is CC(C)(C)c1cc(C2(C(F)(F)F)CCC2)no1.CC(F)(F)Cc1cc(C(C)(C)C)on1.CC1(F)CN(Cc2cc(C(C)(C)C)on2)C1.CN(C)CC1(c2cc(C(C)(C)C)on2)CC1.CN1CCN(C(C)(C)c2cc(C(C)(C)C)on2)CC1.CN1CCN(C2(c3cc(C(C)(C)C)on3)CC2)CC1.CN1CCN(Cc2cc(C(C)(C)C)on2)CC1.Cc1c(C2(C)CC2)noc1C(C)(C)C. The van der Waals surface area contributed by atoms with Crippen LogP contribution < -0.4 is 0 Å². The number of hydrogen-bond acceptors (Lipinski definition) is 24. The molecule has 0 radical (unpaired) electrons. The highest BCUT2D eigenvalue weighted by atomic mass is 19.4. The number of aromatic nitrogens is 8. The highest BCUT2D eigenvalue weighted by molar-refractivity contribution is 5.35. The van der Waals surface area contributed by atoms with Crippen molar-refractivity contribution in [1.82, 2.24) is 80.5 Å². The topological polar surface area (TPSA) is 234 Å². The average molecular weight is 1860 g/mol. The largest absolute Gasteiger partial charge is 0.400 e. The highest BCUT2D eigenvalue weighted by Gasteiger charge is 2.61. The molecule has 8 aromatic rings. The van der Waals surface area contributed by atoms with Gasteiger partial charge in [-0.3, -0.25) is 19.6 Å². The minimum Gasteiger partial charge on any atom is -0.361 e. The molecule has 0 spiro atoms. The molecule has 16 rings (SSSR count). The standard InChI is InChI=1S/C15H25N3O.C15H27N3O.C13H23N3O.C13H22N2O.C12H16F3NO.C12H19FN2O.C12H19NO.C10H15F2NO/c1-14(2,3)13-11-12(16-19-13)15(5-6-15)18-9-7-17(4)8-10-18;1-14(2,3)13-11-12(16-19-13)15(4,5)18-9-7-17(6)8-10-18;1-13(2,3)12-9-11(14-17-12)10-16-7-5-15(4)6-8-16;1-12(2,3)11-8-10(14-16-11)13(6-7-13)9-15(4)5;1-10(2,3)9-7-8(16-17-9)11(5-4-6-11)12(13,14)15;1-11(2,3)10-5-9(14-16-10)6-15-7-12(4,13)8-15;1-8-9(12(5)6-7-12)13-14-10(8)11(2,3)4;1-9(2,3)8-5-7(13-14-8)6-10(4,11)12/h11H,5-10H2,1-4H3;11H,7-10H2,1-6H3;9H,5-8,10H2,1-4H3;8H,6-7,9H2,1-5H3;7H,4-6H2,1-3H3;5H,6-8H2,1-4H3;6-7H2,1-5H3;5H,6H2,1-4H3. The molecule has 4 saturated carbocycles. The van der Waals surface area contributed by atoms with Crippen LogP contribution in [-0.4, -0.2) is 232 Å². The Hall–Kier alpha value is -7.06. The number of halogens is 6. The fraction of sp³-hybridized carbons (Fsp3) is 0.765. The van der Waals surface area contributed by atoms with Crippen molar-refractivity contribution in [2.75, 3.05) is 133 Å². The van der Waals surface area contributed by atoms with Crippen LogP contribution in [0.2, 0.25) is 0 Å². The average Bonchev–Trinajstić information content (AvgIpc) is 1.44. The summed E-state index contributed by atoms with van der Waals surface area (Å²) in [7, 11) is 10.8. The number of nitrogens with zero attached hydrogens (tertiary/aromatic N) is 16. The monoisotopic (exact) mass is 1860 g/mol. The summed E-state index contributed by atoms with van der Waals surface area (Å²) in [5.41, 5.74) is 5.73. The Morgan fingerprint density at radius 3 is 1.09 bits per heavy atom. The van der Waals surface area contributed by atoms with Crippen LogP contribution in [0.4, 0.5) is 26.3 Å². The van der Waals surface area contributed by atoms with Gasteiger partial charge in [-0.25, -0.2) is 13.2 Å². The molecule has 8 fully saturated rings. The van der Waals surface area contributed by atoms with E-state index in [1.165, 1.54) is 55.8 Å². The van der Waals surface area contributed by atoms with Gasteiger partial charge in [-0.05, 0) is 121 Å². The molecule has 4 aliphatic carbocycles. The molecule has 0 bridgehead atoms. The van der Waals surface area contributed by atoms with Crippen LogP contribution in [0.5, 0.6) is 0 Å². The summed E-state index contributed by atoms with van der Waals surface area (Å²) in [5.74, 6) is 4.26. The van der Waals surface area contributed by atoms with Crippen molar-refractivity contribution in [3.8, 4) is 0 Å². The number of likely N-dealkylation sites (tertiary alicyclic amines) is 1. The van der Waals surface area contributed by atoms with Gasteiger partial charge in [0.2, 0.25) is 0 Å². The molecule has 8 aromatic heterocycles. The second kappa shape index (κ2) is 40.9. The third kappa shape index (κ3) is 29.5. The summed E-state index contributed by atoms with van der Waals surface area (Å²) in [4.78, 5) is 18.9. The summed E-state index contributed by atoms with van der Waals surface area (Å²) in [6.45, 7) is 78.7. The first-order valence-electron chi connectivity index (χ1n) is 47.9. The maximum Gasteiger partial charge on any atom is 0.400 e. The number of likely N-dealkylation sites (N-methyl/N-ethyl adjacent to an activating group) is 4. The van der Waals surface area contributed by atoms with Crippen LogP contribution in [0.25, 0.3) is 0 Å². The van der Waals surface area contributed by atoms with Gasteiger partial charge in [0, 0.05) is 213 Å². The molecule has 0 N–H and O–H groups in total. The van der Waals surface area contributed by atoms with E-state index < -0.39 is 23.2 Å². The van der Waals surface area contributed by atoms with Crippen LogP contribution >= 0.6 is 0 Å². The summed E-state index contributed by atoms with van der Waals surface area (Å²) in [6.07, 6.45) is 3.66. The van der Waals surface area contributed by atoms with Crippen LogP contribution in [0, 0.1) is 6.92 Å².